The van der Waals surface area contributed by atoms with Crippen molar-refractivity contribution in [2.24, 2.45) is 0 Å². The number of hydrogen-bond acceptors (Lipinski definition) is 3. The normalized spacial score (nSPS) is 8.40. The second-order valence-electron chi connectivity index (χ2n) is 3.56. The van der Waals surface area contributed by atoms with Crippen LogP contribution in [0.15, 0.2) is 73.3 Å². The number of para-hydroxylation sites is 1. The first-order valence-corrected chi connectivity index (χ1v) is 5.81. The summed E-state index contributed by atoms with van der Waals surface area (Å²) in [6, 6.07) is 18.2. The molecule has 2 aromatic rings. The molecule has 0 aliphatic heterocycles. The summed E-state index contributed by atoms with van der Waals surface area (Å²) in [5.74, 6) is -0.616. The van der Waals surface area contributed by atoms with Gasteiger partial charge in [-0.05, 0) is 12.1 Å². The Balaban J connectivity index is -0.000000346. The van der Waals surface area contributed by atoms with E-state index in [4.69, 9.17) is 4.74 Å². The summed E-state index contributed by atoms with van der Waals surface area (Å²) in [6.45, 7) is 3.56. The summed E-state index contributed by atoms with van der Waals surface area (Å²) >= 11 is 0. The largest absolute Gasteiger partial charge is 2.00 e. The number of phenolic OH excluding ortho intramolecular Hbond substituents is 1. The van der Waals surface area contributed by atoms with Crippen molar-refractivity contribution in [3.8, 4) is 5.75 Å². The fourth-order valence-electron chi connectivity index (χ4n) is 1.24. The second kappa shape index (κ2) is 11.5. The van der Waals surface area contributed by atoms with E-state index in [1.54, 1.807) is 12.1 Å². The van der Waals surface area contributed by atoms with Gasteiger partial charge in [-0.15, -0.1) is 0 Å². The van der Waals surface area contributed by atoms with E-state index in [-0.39, 0.29) is 58.5 Å². The molecule has 20 heavy (non-hydrogen) atoms. The van der Waals surface area contributed by atoms with Crippen LogP contribution in [-0.4, -0.2) is 55.4 Å². The molecule has 0 saturated carbocycles. The van der Waals surface area contributed by atoms with Gasteiger partial charge in [0.1, 0.15) is 17.9 Å². The molecule has 0 saturated heterocycles. The van der Waals surface area contributed by atoms with Gasteiger partial charge in [-0.25, -0.2) is 4.79 Å². The molecule has 102 valence electrons. The number of carbonyl (C=O) groups is 1. The Morgan fingerprint density at radius 3 is 2.05 bits per heavy atom. The van der Waals surface area contributed by atoms with Gasteiger partial charge >= 0.3 is 43.7 Å². The van der Waals surface area contributed by atoms with Crippen LogP contribution < -0.4 is 0 Å². The average molecular weight is 298 g/mol. The van der Waals surface area contributed by atoms with Crippen LogP contribution in [-0.2, 0) is 4.74 Å². The van der Waals surface area contributed by atoms with E-state index >= 15 is 0 Å². The predicted molar refractivity (Wildman–Crippen MR) is 83.0 cm³/mol. The topological polar surface area (TPSA) is 46.5 Å². The average Bonchev–Trinajstić information content (AvgIpc) is 2.48. The van der Waals surface area contributed by atoms with E-state index < -0.39 is 5.97 Å². The predicted octanol–water partition coefficient (Wildman–Crippen LogP) is 3.27. The quantitative estimate of drug-likeness (QED) is 0.537. The molecular weight excluding hydrogens is 280 g/mol. The van der Waals surface area contributed by atoms with Gasteiger partial charge in [0.15, 0.2) is 0 Å². The zero-order chi connectivity index (χ0) is 13.9. The molecule has 1 N–H and O–H groups in total. The van der Waals surface area contributed by atoms with Gasteiger partial charge in [-0.3, -0.25) is 0 Å². The molecule has 0 unspecified atom stereocenters. The van der Waals surface area contributed by atoms with Crippen LogP contribution in [0.5, 0.6) is 5.75 Å². The van der Waals surface area contributed by atoms with Crippen molar-refractivity contribution < 1.29 is 17.5 Å². The standard InChI is InChI=1S/C10H10O3.C6H6.Ca.2H/c1-2-7-13-10(12)8-5-3-4-6-9(8)11;1-2-4-6-5-3-1;;;/h2-6,11H,1,7H2;1-6H;;;/q;;+2;2*-1. The number of ether oxygens (including phenoxy) is 1. The van der Waals surface area contributed by atoms with Crippen LogP contribution >= 0.6 is 0 Å². The SMILES string of the molecule is C=CCOC(=O)c1ccccc1O.[Ca+2].[H-].[H-].c1ccccc1. The zero-order valence-electron chi connectivity index (χ0n) is 13.2. The minimum Gasteiger partial charge on any atom is -1.00 e. The van der Waals surface area contributed by atoms with Gasteiger partial charge in [0.25, 0.3) is 0 Å². The Bertz CT molecular complexity index is 495. The Kier molecular flexibility index (Phi) is 10.8. The maximum absolute atomic E-state index is 11.2. The number of aromatic hydroxyl groups is 1. The van der Waals surface area contributed by atoms with Crippen molar-refractivity contribution in [1.29, 1.82) is 0 Å². The van der Waals surface area contributed by atoms with Crippen LogP contribution in [0.4, 0.5) is 0 Å². The molecule has 0 aliphatic rings. The van der Waals surface area contributed by atoms with Crippen LogP contribution in [0.25, 0.3) is 0 Å². The number of benzene rings is 2. The van der Waals surface area contributed by atoms with E-state index in [9.17, 15) is 9.90 Å². The van der Waals surface area contributed by atoms with Crippen molar-refractivity contribution in [2.45, 2.75) is 0 Å². The van der Waals surface area contributed by atoms with Crippen molar-refractivity contribution in [1.82, 2.24) is 0 Å². The molecule has 4 heteroatoms. The number of phenols is 1. The fourth-order valence-corrected chi connectivity index (χ4v) is 1.24. The smallest absolute Gasteiger partial charge is 1.00 e. The second-order valence-corrected chi connectivity index (χ2v) is 3.56. The molecule has 0 radical (unpaired) electrons. The monoisotopic (exact) mass is 298 g/mol. The van der Waals surface area contributed by atoms with Crippen LogP contribution in [0.1, 0.15) is 13.2 Å². The van der Waals surface area contributed by atoms with E-state index in [1.807, 2.05) is 36.4 Å². The molecule has 3 nitrogen and oxygen atoms in total. The molecule has 0 aromatic heterocycles. The molecule has 2 aromatic carbocycles. The van der Waals surface area contributed by atoms with Gasteiger partial charge < -0.3 is 12.7 Å². The Morgan fingerprint density at radius 1 is 1.10 bits per heavy atom. The maximum atomic E-state index is 11.2. The third-order valence-corrected chi connectivity index (χ3v) is 2.12. The van der Waals surface area contributed by atoms with E-state index in [0.29, 0.717) is 0 Å². The van der Waals surface area contributed by atoms with E-state index in [1.165, 1.54) is 18.2 Å². The Morgan fingerprint density at radius 2 is 1.60 bits per heavy atom. The van der Waals surface area contributed by atoms with E-state index in [2.05, 4.69) is 6.58 Å². The van der Waals surface area contributed by atoms with Gasteiger partial charge in [-0.2, -0.15) is 0 Å². The van der Waals surface area contributed by atoms with Crippen molar-refractivity contribution in [3.63, 3.8) is 0 Å². The maximum Gasteiger partial charge on any atom is 2.00 e. The summed E-state index contributed by atoms with van der Waals surface area (Å²) in [5.41, 5.74) is 0.171. The number of carbonyl (C=O) groups excluding carboxylic acids is 1. The minimum absolute atomic E-state index is 0. The first-order valence-electron chi connectivity index (χ1n) is 5.81. The molecule has 0 amide bonds. The molecule has 0 bridgehead atoms. The summed E-state index contributed by atoms with van der Waals surface area (Å²) < 4.78 is 4.74. The summed E-state index contributed by atoms with van der Waals surface area (Å²) in [7, 11) is 0. The van der Waals surface area contributed by atoms with E-state index in [0.717, 1.165) is 0 Å². The molecule has 2 rings (SSSR count). The molecule has 0 atom stereocenters. The first kappa shape index (κ1) is 18.7. The number of rotatable bonds is 3. The third kappa shape index (κ3) is 7.34. The summed E-state index contributed by atoms with van der Waals surface area (Å²) in [6.07, 6.45) is 1.47. The summed E-state index contributed by atoms with van der Waals surface area (Å²) in [4.78, 5) is 11.2. The molecular formula is C16H18CaO3. The first-order chi connectivity index (χ1) is 9.25. The van der Waals surface area contributed by atoms with Gasteiger partial charge in [-0.1, -0.05) is 61.2 Å². The molecule has 0 heterocycles. The van der Waals surface area contributed by atoms with Crippen LogP contribution in [0, 0.1) is 0 Å². The Hall–Kier alpha value is -1.29. The number of esters is 1. The zero-order valence-corrected chi connectivity index (χ0v) is 13.4. The minimum atomic E-state index is -0.544. The number of hydrogen-bond donors (Lipinski definition) is 1. The van der Waals surface area contributed by atoms with Gasteiger partial charge in [0.2, 0.25) is 0 Å². The van der Waals surface area contributed by atoms with Crippen molar-refractivity contribution >= 4 is 43.7 Å². The van der Waals surface area contributed by atoms with Crippen LogP contribution in [0.3, 0.4) is 0 Å². The molecule has 0 fully saturated rings. The Labute approximate surface area is 151 Å². The van der Waals surface area contributed by atoms with Crippen molar-refractivity contribution in [3.05, 3.63) is 78.9 Å². The molecule has 0 spiro atoms. The van der Waals surface area contributed by atoms with Crippen molar-refractivity contribution in [2.75, 3.05) is 6.61 Å². The molecule has 0 aliphatic carbocycles. The van der Waals surface area contributed by atoms with Crippen LogP contribution in [0.2, 0.25) is 0 Å². The third-order valence-electron chi connectivity index (χ3n) is 2.12. The fraction of sp³-hybridized carbons (Fsp3) is 0.0625. The summed E-state index contributed by atoms with van der Waals surface area (Å²) in [5, 5.41) is 9.25. The van der Waals surface area contributed by atoms with Gasteiger partial charge in [0, 0.05) is 0 Å². The van der Waals surface area contributed by atoms with Gasteiger partial charge in [0.05, 0.1) is 0 Å².